The molecule has 0 unspecified atom stereocenters. The van der Waals surface area contributed by atoms with Crippen LogP contribution in [0.15, 0.2) is 96.1 Å². The zero-order valence-corrected chi connectivity index (χ0v) is 14.4. The lowest BCUT2D eigenvalue weighted by atomic mass is 10.0. The van der Waals surface area contributed by atoms with Crippen molar-refractivity contribution < 1.29 is 9.59 Å². The first-order valence-corrected chi connectivity index (χ1v) is 8.62. The number of amides is 1. The maximum absolute atomic E-state index is 12.8. The molecule has 27 heavy (non-hydrogen) atoms. The molecule has 1 aliphatic rings. The topological polar surface area (TPSA) is 61.8 Å². The maximum Gasteiger partial charge on any atom is 0.301 e. The Balaban J connectivity index is 1.79. The van der Waals surface area contributed by atoms with E-state index >= 15 is 0 Å². The van der Waals surface area contributed by atoms with Crippen LogP contribution in [0.5, 0.6) is 0 Å². The van der Waals surface area contributed by atoms with Crippen LogP contribution < -0.4 is 10.3 Å². The van der Waals surface area contributed by atoms with Gasteiger partial charge in [-0.25, -0.2) is 0 Å². The maximum atomic E-state index is 12.8. The summed E-state index contributed by atoms with van der Waals surface area (Å²) in [5, 5.41) is 4.31. The van der Waals surface area contributed by atoms with E-state index in [1.54, 1.807) is 0 Å². The highest BCUT2D eigenvalue weighted by Gasteiger charge is 2.46. The molecule has 0 spiro atoms. The Hall–Kier alpha value is -3.73. The number of ketones is 1. The lowest BCUT2D eigenvalue weighted by Crippen LogP contribution is -2.29. The third kappa shape index (κ3) is 3.22. The Kier molecular flexibility index (Phi) is 4.49. The fourth-order valence-electron chi connectivity index (χ4n) is 3.13. The molecule has 3 aromatic rings. The number of nitrogens with one attached hydrogen (secondary N) is 1. The average Bonchev–Trinajstić information content (AvgIpc) is 2.99. The minimum Gasteiger partial charge on any atom is -0.292 e. The van der Waals surface area contributed by atoms with Gasteiger partial charge in [-0.05, 0) is 29.8 Å². The summed E-state index contributed by atoms with van der Waals surface area (Å²) in [6.07, 6.45) is 0. The third-order valence-electron chi connectivity index (χ3n) is 4.39. The Morgan fingerprint density at radius 2 is 1.30 bits per heavy atom. The standard InChI is InChI=1S/C22H17N3O2/c26-21-19(24-23-17-12-6-2-7-13-17)20(16-10-4-1-5-11-16)25(22(21)27)18-14-8-3-9-15-18/h1-15,20,23H/b24-19+/t20-/m0/s1. The van der Waals surface area contributed by atoms with Crippen LogP contribution in [0, 0.1) is 0 Å². The fraction of sp³-hybridized carbons (Fsp3) is 0.0455. The number of nitrogens with zero attached hydrogens (tertiary/aromatic N) is 2. The molecule has 5 nitrogen and oxygen atoms in total. The summed E-state index contributed by atoms with van der Waals surface area (Å²) in [5.41, 5.74) is 5.31. The van der Waals surface area contributed by atoms with Crippen LogP contribution in [0.4, 0.5) is 11.4 Å². The van der Waals surface area contributed by atoms with Crippen molar-refractivity contribution in [2.24, 2.45) is 5.10 Å². The Morgan fingerprint density at radius 3 is 1.93 bits per heavy atom. The second-order valence-corrected chi connectivity index (χ2v) is 6.13. The smallest absolute Gasteiger partial charge is 0.292 e. The van der Waals surface area contributed by atoms with Gasteiger partial charge in [-0.1, -0.05) is 66.7 Å². The highest BCUT2D eigenvalue weighted by molar-refractivity contribution is 6.72. The lowest BCUT2D eigenvalue weighted by molar-refractivity contribution is -0.131. The molecule has 1 amide bonds. The average molecular weight is 355 g/mol. The van der Waals surface area contributed by atoms with Crippen molar-refractivity contribution in [1.82, 2.24) is 0 Å². The third-order valence-corrected chi connectivity index (χ3v) is 4.39. The Morgan fingerprint density at radius 1 is 0.741 bits per heavy atom. The molecule has 0 radical (unpaired) electrons. The van der Waals surface area contributed by atoms with E-state index in [1.807, 2.05) is 91.0 Å². The number of para-hydroxylation sites is 2. The van der Waals surface area contributed by atoms with Crippen LogP contribution in [-0.2, 0) is 9.59 Å². The van der Waals surface area contributed by atoms with Crippen molar-refractivity contribution in [3.05, 3.63) is 96.6 Å². The van der Waals surface area contributed by atoms with Crippen LogP contribution in [0.25, 0.3) is 0 Å². The van der Waals surface area contributed by atoms with Gasteiger partial charge in [0.15, 0.2) is 0 Å². The predicted octanol–water partition coefficient (Wildman–Crippen LogP) is 3.81. The molecule has 1 aliphatic heterocycles. The van der Waals surface area contributed by atoms with E-state index in [-0.39, 0.29) is 5.71 Å². The van der Waals surface area contributed by atoms with E-state index in [0.29, 0.717) is 5.69 Å². The summed E-state index contributed by atoms with van der Waals surface area (Å²) < 4.78 is 0. The van der Waals surface area contributed by atoms with Crippen molar-refractivity contribution >= 4 is 28.8 Å². The summed E-state index contributed by atoms with van der Waals surface area (Å²) >= 11 is 0. The highest BCUT2D eigenvalue weighted by Crippen LogP contribution is 2.34. The highest BCUT2D eigenvalue weighted by atomic mass is 16.2. The molecule has 1 heterocycles. The van der Waals surface area contributed by atoms with E-state index in [9.17, 15) is 9.59 Å². The number of carbonyl (C=O) groups excluding carboxylic acids is 2. The minimum atomic E-state index is -0.601. The molecule has 4 rings (SSSR count). The van der Waals surface area contributed by atoms with Gasteiger partial charge in [0.05, 0.1) is 5.69 Å². The van der Waals surface area contributed by atoms with Crippen LogP contribution in [0.1, 0.15) is 11.6 Å². The lowest BCUT2D eigenvalue weighted by Gasteiger charge is -2.24. The van der Waals surface area contributed by atoms with Gasteiger partial charge in [0.25, 0.3) is 5.78 Å². The summed E-state index contributed by atoms with van der Waals surface area (Å²) in [4.78, 5) is 27.0. The summed E-state index contributed by atoms with van der Waals surface area (Å²) in [6.45, 7) is 0. The molecule has 0 saturated carbocycles. The first kappa shape index (κ1) is 16.7. The van der Waals surface area contributed by atoms with Crippen molar-refractivity contribution in [1.29, 1.82) is 0 Å². The first-order chi connectivity index (χ1) is 13.3. The molecular formula is C22H17N3O2. The van der Waals surface area contributed by atoms with E-state index in [1.165, 1.54) is 4.90 Å². The quantitative estimate of drug-likeness (QED) is 0.572. The van der Waals surface area contributed by atoms with Gasteiger partial charge < -0.3 is 0 Å². The van der Waals surface area contributed by atoms with E-state index in [0.717, 1.165) is 11.3 Å². The summed E-state index contributed by atoms with van der Waals surface area (Å²) in [5.74, 6) is -1.18. The molecular weight excluding hydrogens is 338 g/mol. The van der Waals surface area contributed by atoms with E-state index in [4.69, 9.17) is 0 Å². The van der Waals surface area contributed by atoms with Gasteiger partial charge in [0.2, 0.25) is 0 Å². The number of carbonyl (C=O) groups is 2. The van der Waals surface area contributed by atoms with Gasteiger partial charge in [-0.2, -0.15) is 5.10 Å². The van der Waals surface area contributed by atoms with Gasteiger partial charge >= 0.3 is 5.91 Å². The number of hydrazone groups is 1. The van der Waals surface area contributed by atoms with Crippen LogP contribution in [0.3, 0.4) is 0 Å². The predicted molar refractivity (Wildman–Crippen MR) is 106 cm³/mol. The number of benzene rings is 3. The molecule has 1 fully saturated rings. The Labute approximate surface area is 156 Å². The SMILES string of the molecule is O=C1C(=O)N(c2ccccc2)[C@@H](c2ccccc2)/C1=N\Nc1ccccc1. The molecule has 0 aliphatic carbocycles. The molecule has 0 bridgehead atoms. The zero-order valence-electron chi connectivity index (χ0n) is 14.4. The van der Waals surface area contributed by atoms with E-state index in [2.05, 4.69) is 10.5 Å². The monoisotopic (exact) mass is 355 g/mol. The summed E-state index contributed by atoms with van der Waals surface area (Å²) in [6, 6.07) is 27.4. The van der Waals surface area contributed by atoms with Gasteiger partial charge in [-0.15, -0.1) is 0 Å². The second-order valence-electron chi connectivity index (χ2n) is 6.13. The fourth-order valence-corrected chi connectivity index (χ4v) is 3.13. The van der Waals surface area contributed by atoms with Crippen LogP contribution in [-0.4, -0.2) is 17.4 Å². The van der Waals surface area contributed by atoms with Crippen molar-refractivity contribution in [2.45, 2.75) is 6.04 Å². The molecule has 0 aromatic heterocycles. The zero-order chi connectivity index (χ0) is 18.6. The number of rotatable bonds is 4. The molecule has 1 N–H and O–H groups in total. The van der Waals surface area contributed by atoms with Gasteiger partial charge in [0, 0.05) is 5.69 Å². The molecule has 3 aromatic carbocycles. The normalized spacial score (nSPS) is 18.1. The number of hydrogen-bond donors (Lipinski definition) is 1. The van der Waals surface area contributed by atoms with Crippen LogP contribution in [0.2, 0.25) is 0 Å². The summed E-state index contributed by atoms with van der Waals surface area (Å²) in [7, 11) is 0. The molecule has 132 valence electrons. The van der Waals surface area contributed by atoms with Crippen LogP contribution >= 0.6 is 0 Å². The second kappa shape index (κ2) is 7.25. The molecule has 1 saturated heterocycles. The van der Waals surface area contributed by atoms with Gasteiger partial charge in [0.1, 0.15) is 11.8 Å². The van der Waals surface area contributed by atoms with Crippen molar-refractivity contribution in [3.8, 4) is 0 Å². The number of Topliss-reactive ketones (excluding diaryl/α,β-unsaturated/α-hetero) is 1. The van der Waals surface area contributed by atoms with Gasteiger partial charge in [-0.3, -0.25) is 19.9 Å². The molecule has 1 atom stereocenters. The molecule has 5 heteroatoms. The van der Waals surface area contributed by atoms with Crippen molar-refractivity contribution in [3.63, 3.8) is 0 Å². The first-order valence-electron chi connectivity index (χ1n) is 8.62. The number of hydrogen-bond acceptors (Lipinski definition) is 4. The Bertz CT molecular complexity index is 986. The van der Waals surface area contributed by atoms with Crippen molar-refractivity contribution in [2.75, 3.05) is 10.3 Å². The largest absolute Gasteiger partial charge is 0.301 e. The number of anilines is 2. The van der Waals surface area contributed by atoms with E-state index < -0.39 is 17.7 Å². The minimum absolute atomic E-state index is 0.180.